The van der Waals surface area contributed by atoms with Crippen LogP contribution >= 0.6 is 0 Å². The van der Waals surface area contributed by atoms with E-state index < -0.39 is 27.0 Å². The van der Waals surface area contributed by atoms with E-state index in [1.165, 1.54) is 36.7 Å². The summed E-state index contributed by atoms with van der Waals surface area (Å²) in [5, 5.41) is 15.9. The fraction of sp³-hybridized carbons (Fsp3) is 0.185. The quantitative estimate of drug-likeness (QED) is 0.261. The molecular formula is C27H27FN3O4S+. The van der Waals surface area contributed by atoms with Crippen LogP contribution in [0.4, 0.5) is 10.1 Å². The molecule has 0 saturated heterocycles. The van der Waals surface area contributed by atoms with Gasteiger partial charge in [-0.1, -0.05) is 26.0 Å². The largest absolute Gasteiger partial charge is 0.478 e. The van der Waals surface area contributed by atoms with Gasteiger partial charge in [0.1, 0.15) is 15.7 Å². The monoisotopic (exact) mass is 508 g/mol. The predicted molar refractivity (Wildman–Crippen MR) is 140 cm³/mol. The zero-order valence-corrected chi connectivity index (χ0v) is 20.9. The summed E-state index contributed by atoms with van der Waals surface area (Å²) >= 11 is 0. The second-order valence-electron chi connectivity index (χ2n) is 9.54. The van der Waals surface area contributed by atoms with Crippen molar-refractivity contribution in [3.8, 4) is 16.8 Å². The third kappa shape index (κ3) is 4.61. The molecule has 0 aliphatic carbocycles. The molecule has 3 aromatic carbocycles. The molecule has 7 nitrogen and oxygen atoms in total. The van der Waals surface area contributed by atoms with E-state index in [-0.39, 0.29) is 11.3 Å². The molecule has 0 aliphatic rings. The molecule has 1 heterocycles. The Kier molecular flexibility index (Phi) is 6.22. The molecule has 4 aromatic rings. The first-order valence-electron chi connectivity index (χ1n) is 11.1. The summed E-state index contributed by atoms with van der Waals surface area (Å²) in [6.07, 6.45) is 2.57. The van der Waals surface area contributed by atoms with Gasteiger partial charge in [-0.15, -0.1) is 0 Å². The zero-order valence-electron chi connectivity index (χ0n) is 20.1. The highest BCUT2D eigenvalue weighted by molar-refractivity contribution is 7.90. The van der Waals surface area contributed by atoms with Crippen molar-refractivity contribution < 1.29 is 28.1 Å². The third-order valence-electron chi connectivity index (χ3n) is 6.12. The minimum atomic E-state index is -3.41. The smallest absolute Gasteiger partial charge is 0.335 e. The molecule has 0 aliphatic heterocycles. The van der Waals surface area contributed by atoms with Crippen LogP contribution in [-0.4, -0.2) is 42.3 Å². The number of nitrogens with two attached hydrogens (primary N) is 2. The van der Waals surface area contributed by atoms with Crippen LogP contribution < -0.4 is 11.1 Å². The number of halogens is 1. The van der Waals surface area contributed by atoms with Crippen molar-refractivity contribution in [1.82, 2.24) is 4.57 Å². The van der Waals surface area contributed by atoms with Gasteiger partial charge in [0.25, 0.3) is 0 Å². The van der Waals surface area contributed by atoms with Crippen molar-refractivity contribution >= 4 is 38.6 Å². The summed E-state index contributed by atoms with van der Waals surface area (Å²) in [6, 6.07) is 15.9. The zero-order chi connectivity index (χ0) is 26.4. The third-order valence-corrected chi connectivity index (χ3v) is 7.37. The SMILES string of the molecule is CC(C)(CS(C)(=O)=O)c1c(-c2ccc(C(=O)O)cc2)c2cc(N)c(C=[NH2+])cc2n1-c1ccc(F)cc1. The number of carbonyl (C=O) groups is 1. The van der Waals surface area contributed by atoms with Crippen molar-refractivity contribution in [2.45, 2.75) is 19.3 Å². The highest BCUT2D eigenvalue weighted by Crippen LogP contribution is 2.44. The Morgan fingerprint density at radius 2 is 1.72 bits per heavy atom. The Hall–Kier alpha value is -3.98. The molecule has 5 N–H and O–H groups in total. The van der Waals surface area contributed by atoms with Crippen LogP contribution in [0.1, 0.15) is 35.5 Å². The maximum Gasteiger partial charge on any atom is 0.335 e. The Morgan fingerprint density at radius 3 is 2.25 bits per heavy atom. The normalized spacial score (nSPS) is 12.1. The fourth-order valence-electron chi connectivity index (χ4n) is 4.81. The molecule has 4 rings (SSSR count). The first-order valence-corrected chi connectivity index (χ1v) is 13.2. The number of carboxylic acid groups (broad SMARTS) is 1. The Morgan fingerprint density at radius 1 is 1.11 bits per heavy atom. The summed E-state index contributed by atoms with van der Waals surface area (Å²) < 4.78 is 40.7. The van der Waals surface area contributed by atoms with Crippen molar-refractivity contribution in [1.29, 1.82) is 0 Å². The molecule has 1 aromatic heterocycles. The second-order valence-corrected chi connectivity index (χ2v) is 11.7. The van der Waals surface area contributed by atoms with Gasteiger partial charge in [0.05, 0.1) is 22.4 Å². The summed E-state index contributed by atoms with van der Waals surface area (Å²) in [7, 11) is -3.41. The Balaban J connectivity index is 2.21. The number of nitrogen functional groups attached to an aromatic ring is 1. The van der Waals surface area contributed by atoms with Gasteiger partial charge in [0.2, 0.25) is 0 Å². The van der Waals surface area contributed by atoms with E-state index in [2.05, 4.69) is 0 Å². The number of benzene rings is 3. The van der Waals surface area contributed by atoms with Crippen LogP contribution in [0.5, 0.6) is 0 Å². The summed E-state index contributed by atoms with van der Waals surface area (Å²) in [4.78, 5) is 11.4. The lowest BCUT2D eigenvalue weighted by atomic mass is 9.85. The number of fused-ring (bicyclic) bond motifs is 1. The van der Waals surface area contributed by atoms with E-state index in [0.717, 1.165) is 5.39 Å². The average molecular weight is 509 g/mol. The van der Waals surface area contributed by atoms with Crippen molar-refractivity contribution in [2.75, 3.05) is 17.7 Å². The van der Waals surface area contributed by atoms with Crippen LogP contribution in [0.25, 0.3) is 27.7 Å². The van der Waals surface area contributed by atoms with Crippen molar-refractivity contribution in [3.05, 3.63) is 83.3 Å². The molecule has 0 radical (unpaired) electrons. The number of aromatic nitrogens is 1. The number of hydrogen-bond donors (Lipinski definition) is 3. The molecule has 0 bridgehead atoms. The molecule has 186 valence electrons. The lowest BCUT2D eigenvalue weighted by Crippen LogP contribution is -2.31. The van der Waals surface area contributed by atoms with E-state index in [0.29, 0.717) is 39.3 Å². The topological polar surface area (TPSA) is 128 Å². The van der Waals surface area contributed by atoms with Crippen LogP contribution in [-0.2, 0) is 15.3 Å². The number of aromatic carboxylic acids is 1. The van der Waals surface area contributed by atoms with E-state index in [4.69, 9.17) is 11.1 Å². The number of anilines is 1. The summed E-state index contributed by atoms with van der Waals surface area (Å²) in [5.41, 5.74) is 9.89. The van der Waals surface area contributed by atoms with Gasteiger partial charge >= 0.3 is 5.97 Å². The van der Waals surface area contributed by atoms with E-state index in [9.17, 15) is 22.7 Å². The maximum absolute atomic E-state index is 13.8. The minimum absolute atomic E-state index is 0.123. The summed E-state index contributed by atoms with van der Waals surface area (Å²) in [6.45, 7) is 3.66. The van der Waals surface area contributed by atoms with Gasteiger partial charge in [0, 0.05) is 39.7 Å². The minimum Gasteiger partial charge on any atom is -0.478 e. The molecule has 0 spiro atoms. The Bertz CT molecular complexity index is 1600. The Labute approximate surface area is 208 Å². The molecule has 9 heteroatoms. The summed E-state index contributed by atoms with van der Waals surface area (Å²) in [5.74, 6) is -1.62. The molecule has 0 amide bonds. The first-order chi connectivity index (χ1) is 16.8. The fourth-order valence-corrected chi connectivity index (χ4v) is 6.25. The van der Waals surface area contributed by atoms with Crippen molar-refractivity contribution in [3.63, 3.8) is 0 Å². The molecule has 0 atom stereocenters. The number of carboxylic acids is 1. The van der Waals surface area contributed by atoms with Crippen LogP contribution in [0, 0.1) is 5.82 Å². The van der Waals surface area contributed by atoms with E-state index in [1.54, 1.807) is 30.3 Å². The van der Waals surface area contributed by atoms with E-state index in [1.807, 2.05) is 24.5 Å². The van der Waals surface area contributed by atoms with Gasteiger partial charge in [-0.05, 0) is 54.1 Å². The average Bonchev–Trinajstić information content (AvgIpc) is 3.12. The van der Waals surface area contributed by atoms with Crippen LogP contribution in [0.3, 0.4) is 0 Å². The van der Waals surface area contributed by atoms with Gasteiger partial charge in [0.15, 0.2) is 6.21 Å². The van der Waals surface area contributed by atoms with Crippen LogP contribution in [0.2, 0.25) is 0 Å². The van der Waals surface area contributed by atoms with E-state index >= 15 is 0 Å². The molecule has 0 saturated carbocycles. The van der Waals surface area contributed by atoms with Gasteiger partial charge in [-0.3, -0.25) is 5.41 Å². The lowest BCUT2D eigenvalue weighted by molar-refractivity contribution is -0.104. The van der Waals surface area contributed by atoms with Gasteiger partial charge < -0.3 is 15.4 Å². The molecule has 0 unspecified atom stereocenters. The lowest BCUT2D eigenvalue weighted by Gasteiger charge is -2.28. The highest BCUT2D eigenvalue weighted by Gasteiger charge is 2.35. The molecule has 0 fully saturated rings. The second kappa shape index (κ2) is 8.91. The number of rotatable bonds is 7. The number of sulfone groups is 1. The standard InChI is InChI=1S/C27H26FN3O4S/c1-27(2,15-36(3,34)35)25-24(16-4-6-17(7-5-16)26(32)33)21-13-22(30)18(14-29)12-23(21)31(25)20-10-8-19(28)9-11-20/h4-14,29H,15,30H2,1-3H3,(H,32,33)/p+1. The predicted octanol–water partition coefficient (Wildman–Crippen LogP) is 3.22. The van der Waals surface area contributed by atoms with Gasteiger partial charge in [-0.2, -0.15) is 0 Å². The van der Waals surface area contributed by atoms with Crippen LogP contribution in [0.15, 0.2) is 60.7 Å². The van der Waals surface area contributed by atoms with Crippen molar-refractivity contribution in [2.24, 2.45) is 0 Å². The molecule has 36 heavy (non-hydrogen) atoms. The molecular weight excluding hydrogens is 481 g/mol. The van der Waals surface area contributed by atoms with Gasteiger partial charge in [-0.25, -0.2) is 17.6 Å². The highest BCUT2D eigenvalue weighted by atomic mass is 32.2. The maximum atomic E-state index is 13.8. The number of hydrogen-bond acceptors (Lipinski definition) is 4. The number of nitrogens with zero attached hydrogens (tertiary/aromatic N) is 1. The first kappa shape index (κ1) is 25.1.